The molecule has 0 atom stereocenters. The Balaban J connectivity index is 1.15. The topological polar surface area (TPSA) is 3.24 Å². The van der Waals surface area contributed by atoms with E-state index in [1.807, 2.05) is 0 Å². The van der Waals surface area contributed by atoms with Gasteiger partial charge in [-0.3, -0.25) is 0 Å². The first-order valence-electron chi connectivity index (χ1n) is 18.8. The largest absolute Gasteiger partial charge is 0.310 e. The van der Waals surface area contributed by atoms with Gasteiger partial charge >= 0.3 is 0 Å². The standard InChI is InChI=1S/C54H39N/c1-5-15-40(16-6-1)43-25-27-44(28-26-43)45-29-33-50(34-30-45)55(51-35-31-47(32-36-51)54-24-14-13-23-53(54)46-21-11-4-12-22-46)52-38-48(41-17-7-2-8-18-41)37-49(39-52)42-19-9-3-10-20-42/h1-39H. The van der Waals surface area contributed by atoms with Crippen molar-refractivity contribution in [3.63, 3.8) is 0 Å². The highest BCUT2D eigenvalue weighted by Gasteiger charge is 2.17. The van der Waals surface area contributed by atoms with E-state index in [0.29, 0.717) is 0 Å². The number of hydrogen-bond donors (Lipinski definition) is 0. The number of nitrogens with zero attached hydrogens (tertiary/aromatic N) is 1. The monoisotopic (exact) mass is 701 g/mol. The second kappa shape index (κ2) is 15.4. The Kier molecular flexibility index (Phi) is 9.41. The van der Waals surface area contributed by atoms with E-state index in [1.165, 1.54) is 66.8 Å². The maximum atomic E-state index is 2.38. The molecule has 0 unspecified atom stereocenters. The molecule has 0 radical (unpaired) electrons. The van der Waals surface area contributed by atoms with Gasteiger partial charge in [-0.15, -0.1) is 0 Å². The van der Waals surface area contributed by atoms with Gasteiger partial charge in [-0.25, -0.2) is 0 Å². The highest BCUT2D eigenvalue weighted by Crippen LogP contribution is 2.41. The van der Waals surface area contributed by atoms with Crippen molar-refractivity contribution < 1.29 is 0 Å². The number of benzene rings is 9. The lowest BCUT2D eigenvalue weighted by atomic mass is 9.94. The summed E-state index contributed by atoms with van der Waals surface area (Å²) >= 11 is 0. The molecule has 0 bridgehead atoms. The van der Waals surface area contributed by atoms with Gasteiger partial charge in [-0.2, -0.15) is 0 Å². The number of hydrogen-bond acceptors (Lipinski definition) is 1. The van der Waals surface area contributed by atoms with Crippen molar-refractivity contribution in [2.24, 2.45) is 0 Å². The molecular weight excluding hydrogens is 663 g/mol. The van der Waals surface area contributed by atoms with Crippen LogP contribution in [0.25, 0.3) is 66.8 Å². The van der Waals surface area contributed by atoms with Crippen LogP contribution < -0.4 is 4.90 Å². The predicted octanol–water partition coefficient (Wildman–Crippen LogP) is 15.2. The van der Waals surface area contributed by atoms with Crippen LogP contribution in [0.2, 0.25) is 0 Å². The van der Waals surface area contributed by atoms with Crippen molar-refractivity contribution in [1.29, 1.82) is 0 Å². The molecule has 0 spiro atoms. The molecule has 1 nitrogen and oxygen atoms in total. The van der Waals surface area contributed by atoms with E-state index in [2.05, 4.69) is 241 Å². The van der Waals surface area contributed by atoms with E-state index in [1.54, 1.807) is 0 Å². The summed E-state index contributed by atoms with van der Waals surface area (Å²) in [4.78, 5) is 2.38. The molecular formula is C54H39N. The van der Waals surface area contributed by atoms with Crippen LogP contribution >= 0.6 is 0 Å². The first kappa shape index (κ1) is 33.6. The average molecular weight is 702 g/mol. The summed E-state index contributed by atoms with van der Waals surface area (Å²) in [5, 5.41) is 0. The zero-order chi connectivity index (χ0) is 36.8. The summed E-state index contributed by atoms with van der Waals surface area (Å²) in [7, 11) is 0. The molecule has 0 heterocycles. The minimum atomic E-state index is 1.09. The number of anilines is 3. The van der Waals surface area contributed by atoms with Crippen LogP contribution in [0.4, 0.5) is 17.1 Å². The van der Waals surface area contributed by atoms with Crippen LogP contribution in [0, 0.1) is 0 Å². The second-order valence-corrected chi connectivity index (χ2v) is 13.8. The van der Waals surface area contributed by atoms with Gasteiger partial charge in [0.05, 0.1) is 0 Å². The molecule has 0 aliphatic heterocycles. The average Bonchev–Trinajstić information content (AvgIpc) is 3.28. The maximum absolute atomic E-state index is 2.38. The Morgan fingerprint density at radius 1 is 0.182 bits per heavy atom. The Bertz CT molecular complexity index is 2570. The van der Waals surface area contributed by atoms with E-state index in [9.17, 15) is 0 Å². The first-order chi connectivity index (χ1) is 27.3. The molecule has 9 rings (SSSR count). The minimum Gasteiger partial charge on any atom is -0.310 e. The lowest BCUT2D eigenvalue weighted by Gasteiger charge is -2.27. The van der Waals surface area contributed by atoms with Crippen molar-refractivity contribution >= 4 is 17.1 Å². The SMILES string of the molecule is c1ccc(-c2ccc(-c3ccc(N(c4ccc(-c5ccccc5-c5ccccc5)cc4)c4cc(-c5ccccc5)cc(-c5ccccc5)c4)cc3)cc2)cc1. The predicted molar refractivity (Wildman–Crippen MR) is 234 cm³/mol. The molecule has 0 fully saturated rings. The third-order valence-electron chi connectivity index (χ3n) is 10.3. The van der Waals surface area contributed by atoms with Crippen LogP contribution in [0.5, 0.6) is 0 Å². The quantitative estimate of drug-likeness (QED) is 0.145. The summed E-state index contributed by atoms with van der Waals surface area (Å²) < 4.78 is 0. The van der Waals surface area contributed by atoms with Gasteiger partial charge in [0.1, 0.15) is 0 Å². The molecule has 0 amide bonds. The molecule has 0 saturated carbocycles. The van der Waals surface area contributed by atoms with Gasteiger partial charge in [0.2, 0.25) is 0 Å². The van der Waals surface area contributed by atoms with Gasteiger partial charge in [0, 0.05) is 17.1 Å². The molecule has 9 aromatic carbocycles. The first-order valence-corrected chi connectivity index (χ1v) is 18.8. The Morgan fingerprint density at radius 2 is 0.455 bits per heavy atom. The maximum Gasteiger partial charge on any atom is 0.0473 e. The molecule has 9 aromatic rings. The van der Waals surface area contributed by atoms with E-state index >= 15 is 0 Å². The second-order valence-electron chi connectivity index (χ2n) is 13.8. The summed E-state index contributed by atoms with van der Waals surface area (Å²) in [5.74, 6) is 0. The van der Waals surface area contributed by atoms with Gasteiger partial charge in [0.15, 0.2) is 0 Å². The molecule has 0 saturated heterocycles. The zero-order valence-corrected chi connectivity index (χ0v) is 30.5. The molecule has 260 valence electrons. The Hall–Kier alpha value is -7.22. The molecule has 0 N–H and O–H groups in total. The molecule has 0 aliphatic carbocycles. The fourth-order valence-corrected chi connectivity index (χ4v) is 7.47. The van der Waals surface area contributed by atoms with Crippen LogP contribution in [0.1, 0.15) is 0 Å². The normalized spacial score (nSPS) is 10.9. The highest BCUT2D eigenvalue weighted by molar-refractivity contribution is 5.88. The smallest absolute Gasteiger partial charge is 0.0473 e. The van der Waals surface area contributed by atoms with Crippen LogP contribution in [0.3, 0.4) is 0 Å². The van der Waals surface area contributed by atoms with Crippen molar-refractivity contribution in [1.82, 2.24) is 0 Å². The fourth-order valence-electron chi connectivity index (χ4n) is 7.47. The van der Waals surface area contributed by atoms with Gasteiger partial charge in [0.25, 0.3) is 0 Å². The van der Waals surface area contributed by atoms with Crippen LogP contribution in [-0.4, -0.2) is 0 Å². The summed E-state index contributed by atoms with van der Waals surface area (Å²) in [6.45, 7) is 0. The molecule has 1 heteroatoms. The molecule has 0 aliphatic rings. The summed E-state index contributed by atoms with van der Waals surface area (Å²) in [5.41, 5.74) is 17.6. The van der Waals surface area contributed by atoms with E-state index in [0.717, 1.165) is 17.1 Å². The third-order valence-corrected chi connectivity index (χ3v) is 10.3. The van der Waals surface area contributed by atoms with Crippen molar-refractivity contribution in [2.75, 3.05) is 4.90 Å². The van der Waals surface area contributed by atoms with Gasteiger partial charge in [-0.05, 0) is 109 Å². The molecule has 55 heavy (non-hydrogen) atoms. The fraction of sp³-hybridized carbons (Fsp3) is 0. The van der Waals surface area contributed by atoms with Crippen LogP contribution in [0.15, 0.2) is 237 Å². The Morgan fingerprint density at radius 3 is 0.855 bits per heavy atom. The highest BCUT2D eigenvalue weighted by atomic mass is 15.1. The van der Waals surface area contributed by atoms with E-state index < -0.39 is 0 Å². The minimum absolute atomic E-state index is 1.09. The van der Waals surface area contributed by atoms with Crippen molar-refractivity contribution in [3.05, 3.63) is 237 Å². The van der Waals surface area contributed by atoms with Gasteiger partial charge in [-0.1, -0.05) is 194 Å². The van der Waals surface area contributed by atoms with Crippen molar-refractivity contribution in [2.45, 2.75) is 0 Å². The Labute approximate surface area is 324 Å². The number of rotatable bonds is 9. The van der Waals surface area contributed by atoms with E-state index in [-0.39, 0.29) is 0 Å². The summed E-state index contributed by atoms with van der Waals surface area (Å²) in [6, 6.07) is 85.0. The zero-order valence-electron chi connectivity index (χ0n) is 30.5. The molecule has 0 aromatic heterocycles. The lowest BCUT2D eigenvalue weighted by molar-refractivity contribution is 1.28. The van der Waals surface area contributed by atoms with E-state index in [4.69, 9.17) is 0 Å². The van der Waals surface area contributed by atoms with Crippen molar-refractivity contribution in [3.8, 4) is 66.8 Å². The van der Waals surface area contributed by atoms with Gasteiger partial charge < -0.3 is 4.90 Å². The third kappa shape index (κ3) is 7.25. The summed E-state index contributed by atoms with van der Waals surface area (Å²) in [6.07, 6.45) is 0. The lowest BCUT2D eigenvalue weighted by Crippen LogP contribution is -2.10. The van der Waals surface area contributed by atoms with Crippen LogP contribution in [-0.2, 0) is 0 Å².